The number of carbonyl (C=O) groups is 1. The number of benzene rings is 3. The van der Waals surface area contributed by atoms with Gasteiger partial charge in [0, 0.05) is 40.0 Å². The fourth-order valence-electron chi connectivity index (χ4n) is 3.62. The number of primary amides is 1. The van der Waals surface area contributed by atoms with Crippen molar-refractivity contribution < 1.29 is 9.53 Å². The number of halogens is 1. The van der Waals surface area contributed by atoms with Crippen LogP contribution in [-0.2, 0) is 17.9 Å². The van der Waals surface area contributed by atoms with Gasteiger partial charge in [-0.3, -0.25) is 4.79 Å². The first-order valence-corrected chi connectivity index (χ1v) is 9.45. The first-order valence-electron chi connectivity index (χ1n) is 8.66. The molecule has 2 N–H and O–H groups in total. The Balaban J connectivity index is 2.04. The van der Waals surface area contributed by atoms with Gasteiger partial charge in [0.05, 0.1) is 12.1 Å². The van der Waals surface area contributed by atoms with Crippen LogP contribution in [0.15, 0.2) is 65.1 Å². The van der Waals surface area contributed by atoms with E-state index in [0.29, 0.717) is 18.7 Å². The van der Waals surface area contributed by atoms with Crippen molar-refractivity contribution in [2.45, 2.75) is 13.2 Å². The second-order valence-corrected chi connectivity index (χ2v) is 7.38. The summed E-state index contributed by atoms with van der Waals surface area (Å²) in [5.41, 5.74) is 10.5. The van der Waals surface area contributed by atoms with E-state index < -0.39 is 5.91 Å². The summed E-state index contributed by atoms with van der Waals surface area (Å²) >= 11 is 3.64. The molecule has 0 fully saturated rings. The molecule has 0 aliphatic rings. The smallest absolute Gasteiger partial charge is 0.249 e. The van der Waals surface area contributed by atoms with Crippen LogP contribution >= 0.6 is 15.9 Å². The molecule has 4 nitrogen and oxygen atoms in total. The van der Waals surface area contributed by atoms with Gasteiger partial charge in [-0.1, -0.05) is 52.3 Å². The molecule has 0 spiro atoms. The van der Waals surface area contributed by atoms with Crippen molar-refractivity contribution >= 4 is 43.6 Å². The second kappa shape index (κ2) is 7.18. The zero-order valence-corrected chi connectivity index (χ0v) is 16.5. The molecule has 5 heteroatoms. The highest BCUT2D eigenvalue weighted by molar-refractivity contribution is 9.10. The highest BCUT2D eigenvalue weighted by atomic mass is 79.9. The van der Waals surface area contributed by atoms with Crippen LogP contribution in [0.4, 0.5) is 0 Å². The highest BCUT2D eigenvalue weighted by Gasteiger charge is 2.17. The highest BCUT2D eigenvalue weighted by Crippen LogP contribution is 2.33. The molecule has 4 rings (SSSR count). The summed E-state index contributed by atoms with van der Waals surface area (Å²) in [6, 6.07) is 20.1. The van der Waals surface area contributed by atoms with E-state index in [1.807, 2.05) is 36.4 Å². The Kier molecular flexibility index (Phi) is 4.72. The third-order valence-corrected chi connectivity index (χ3v) is 5.59. The van der Waals surface area contributed by atoms with Gasteiger partial charge in [0.2, 0.25) is 5.91 Å². The average Bonchev–Trinajstić information content (AvgIpc) is 2.97. The first-order chi connectivity index (χ1) is 13.1. The summed E-state index contributed by atoms with van der Waals surface area (Å²) in [5.74, 6) is -0.415. The summed E-state index contributed by atoms with van der Waals surface area (Å²) < 4.78 is 8.59. The topological polar surface area (TPSA) is 57.2 Å². The molecule has 0 radical (unpaired) electrons. The standard InChI is InChI=1S/C22H19BrN2O2/c1-27-13-14-9-10-16-20(11-14)25(12-15-5-2-3-7-18(15)23)19-8-4-6-17(21(16)19)22(24)26/h2-11H,12-13H2,1H3,(H2,24,26). The Hall–Kier alpha value is -2.63. The molecule has 0 aliphatic carbocycles. The lowest BCUT2D eigenvalue weighted by molar-refractivity contribution is 0.100. The zero-order chi connectivity index (χ0) is 19.0. The van der Waals surface area contributed by atoms with Gasteiger partial charge in [-0.2, -0.15) is 0 Å². The molecule has 0 saturated heterocycles. The van der Waals surface area contributed by atoms with E-state index in [2.05, 4.69) is 38.7 Å². The molecular formula is C22H19BrN2O2. The molecule has 0 atom stereocenters. The van der Waals surface area contributed by atoms with Gasteiger partial charge in [0.25, 0.3) is 0 Å². The summed E-state index contributed by atoms with van der Waals surface area (Å²) in [6.07, 6.45) is 0. The monoisotopic (exact) mass is 422 g/mol. The molecule has 27 heavy (non-hydrogen) atoms. The summed E-state index contributed by atoms with van der Waals surface area (Å²) in [7, 11) is 1.69. The fourth-order valence-corrected chi connectivity index (χ4v) is 4.03. The van der Waals surface area contributed by atoms with Gasteiger partial charge in [0.15, 0.2) is 0 Å². The van der Waals surface area contributed by atoms with Crippen molar-refractivity contribution in [3.8, 4) is 0 Å². The van der Waals surface area contributed by atoms with Crippen molar-refractivity contribution in [1.82, 2.24) is 4.57 Å². The predicted octanol–water partition coefficient (Wildman–Crippen LogP) is 4.85. The average molecular weight is 423 g/mol. The maximum absolute atomic E-state index is 12.0. The number of rotatable bonds is 5. The van der Waals surface area contributed by atoms with E-state index in [4.69, 9.17) is 10.5 Å². The molecule has 0 saturated carbocycles. The van der Waals surface area contributed by atoms with Crippen molar-refractivity contribution in [3.05, 3.63) is 81.8 Å². The Morgan fingerprint density at radius 1 is 1.07 bits per heavy atom. The van der Waals surface area contributed by atoms with E-state index in [9.17, 15) is 4.79 Å². The van der Waals surface area contributed by atoms with Gasteiger partial charge in [-0.05, 0) is 35.4 Å². The maximum atomic E-state index is 12.0. The van der Waals surface area contributed by atoms with Crippen molar-refractivity contribution in [2.24, 2.45) is 5.73 Å². The third-order valence-electron chi connectivity index (χ3n) is 4.82. The van der Waals surface area contributed by atoms with Gasteiger partial charge >= 0.3 is 0 Å². The summed E-state index contributed by atoms with van der Waals surface area (Å²) in [4.78, 5) is 12.0. The number of fused-ring (bicyclic) bond motifs is 3. The van der Waals surface area contributed by atoms with E-state index in [0.717, 1.165) is 37.4 Å². The minimum Gasteiger partial charge on any atom is -0.380 e. The molecule has 0 aliphatic heterocycles. The number of amides is 1. The Labute approximate surface area is 165 Å². The summed E-state index contributed by atoms with van der Waals surface area (Å²) in [6.45, 7) is 1.22. The van der Waals surface area contributed by atoms with E-state index in [1.165, 1.54) is 0 Å². The number of ether oxygens (including phenoxy) is 1. The van der Waals surface area contributed by atoms with Crippen LogP contribution < -0.4 is 5.73 Å². The van der Waals surface area contributed by atoms with E-state index in [1.54, 1.807) is 13.2 Å². The van der Waals surface area contributed by atoms with E-state index >= 15 is 0 Å². The largest absolute Gasteiger partial charge is 0.380 e. The van der Waals surface area contributed by atoms with Crippen molar-refractivity contribution in [2.75, 3.05) is 7.11 Å². The number of nitrogens with two attached hydrogens (primary N) is 1. The van der Waals surface area contributed by atoms with Gasteiger partial charge in [-0.25, -0.2) is 0 Å². The number of hydrogen-bond donors (Lipinski definition) is 1. The Morgan fingerprint density at radius 3 is 2.63 bits per heavy atom. The molecule has 1 heterocycles. The zero-order valence-electron chi connectivity index (χ0n) is 14.9. The normalized spacial score (nSPS) is 11.3. The van der Waals surface area contributed by atoms with Crippen molar-refractivity contribution in [1.29, 1.82) is 0 Å². The van der Waals surface area contributed by atoms with Crippen LogP contribution in [0.5, 0.6) is 0 Å². The van der Waals surface area contributed by atoms with Gasteiger partial charge < -0.3 is 15.0 Å². The number of methoxy groups -OCH3 is 1. The lowest BCUT2D eigenvalue weighted by atomic mass is 10.0. The molecule has 1 aromatic heterocycles. The molecular weight excluding hydrogens is 404 g/mol. The van der Waals surface area contributed by atoms with Crippen LogP contribution in [-0.4, -0.2) is 17.6 Å². The SMILES string of the molecule is COCc1ccc2c3c(C(N)=O)cccc3n(Cc3ccccc3Br)c2c1. The molecule has 1 amide bonds. The fraction of sp³-hybridized carbons (Fsp3) is 0.136. The quantitative estimate of drug-likeness (QED) is 0.499. The molecule has 3 aromatic carbocycles. The summed E-state index contributed by atoms with van der Waals surface area (Å²) in [5, 5.41) is 1.92. The Morgan fingerprint density at radius 2 is 1.89 bits per heavy atom. The third kappa shape index (κ3) is 3.13. The van der Waals surface area contributed by atoms with Gasteiger partial charge in [-0.15, -0.1) is 0 Å². The van der Waals surface area contributed by atoms with Crippen LogP contribution in [0, 0.1) is 0 Å². The molecule has 0 bridgehead atoms. The number of aromatic nitrogens is 1. The lowest BCUT2D eigenvalue weighted by Crippen LogP contribution is -2.11. The molecule has 136 valence electrons. The van der Waals surface area contributed by atoms with Crippen LogP contribution in [0.25, 0.3) is 21.8 Å². The predicted molar refractivity (Wildman–Crippen MR) is 112 cm³/mol. The van der Waals surface area contributed by atoms with Crippen LogP contribution in [0.1, 0.15) is 21.5 Å². The molecule has 4 aromatic rings. The second-order valence-electron chi connectivity index (χ2n) is 6.53. The van der Waals surface area contributed by atoms with Gasteiger partial charge in [0.1, 0.15) is 0 Å². The minimum atomic E-state index is -0.415. The van der Waals surface area contributed by atoms with Crippen molar-refractivity contribution in [3.63, 3.8) is 0 Å². The van der Waals surface area contributed by atoms with Crippen LogP contribution in [0.2, 0.25) is 0 Å². The first kappa shape index (κ1) is 17.8. The molecule has 0 unspecified atom stereocenters. The Bertz CT molecular complexity index is 1160. The number of nitrogens with zero attached hydrogens (tertiary/aromatic N) is 1. The number of carbonyl (C=O) groups excluding carboxylic acids is 1. The number of hydrogen-bond acceptors (Lipinski definition) is 2. The lowest BCUT2D eigenvalue weighted by Gasteiger charge is -2.10. The maximum Gasteiger partial charge on any atom is 0.249 e. The van der Waals surface area contributed by atoms with E-state index in [-0.39, 0.29) is 0 Å². The van der Waals surface area contributed by atoms with Crippen LogP contribution in [0.3, 0.4) is 0 Å². The minimum absolute atomic E-state index is 0.415.